The highest BCUT2D eigenvalue weighted by molar-refractivity contribution is 5.90. The summed E-state index contributed by atoms with van der Waals surface area (Å²) in [5, 5.41) is 18.1. The molecule has 1 N–H and O–H groups in total. The Morgan fingerprint density at radius 3 is 2.63 bits per heavy atom. The van der Waals surface area contributed by atoms with Crippen LogP contribution in [0.25, 0.3) is 0 Å². The number of carboxylic acids is 1. The van der Waals surface area contributed by atoms with Gasteiger partial charge in [-0.05, 0) is 36.8 Å². The molecule has 0 aromatic heterocycles. The monoisotopic (exact) mass is 253 g/mol. The van der Waals surface area contributed by atoms with Crippen molar-refractivity contribution in [3.63, 3.8) is 0 Å². The maximum atomic E-state index is 11.1. The normalized spacial score (nSPS) is 9.68. The number of carboxylic acid groups (broad SMARTS) is 1. The molecular weight excluding hydrogens is 242 g/mol. The van der Waals surface area contributed by atoms with Crippen molar-refractivity contribution in [3.05, 3.63) is 59.2 Å². The molecule has 2 aromatic rings. The van der Waals surface area contributed by atoms with E-state index in [1.165, 1.54) is 6.07 Å². The second-order valence-corrected chi connectivity index (χ2v) is 4.01. The lowest BCUT2D eigenvalue weighted by Crippen LogP contribution is -2.00. The summed E-state index contributed by atoms with van der Waals surface area (Å²) in [6.07, 6.45) is 0. The highest BCUT2D eigenvalue weighted by atomic mass is 16.5. The van der Waals surface area contributed by atoms with Gasteiger partial charge >= 0.3 is 5.97 Å². The first-order chi connectivity index (χ1) is 9.11. The van der Waals surface area contributed by atoms with Crippen molar-refractivity contribution in [1.82, 2.24) is 0 Å². The summed E-state index contributed by atoms with van der Waals surface area (Å²) < 4.78 is 5.54. The van der Waals surface area contributed by atoms with Crippen LogP contribution in [0.2, 0.25) is 0 Å². The number of nitriles is 1. The van der Waals surface area contributed by atoms with E-state index in [1.807, 2.05) is 13.0 Å². The minimum atomic E-state index is -1.07. The number of carbonyl (C=O) groups is 1. The second kappa shape index (κ2) is 5.23. The van der Waals surface area contributed by atoms with Gasteiger partial charge in [-0.1, -0.05) is 18.2 Å². The fourth-order valence-electron chi connectivity index (χ4n) is 1.67. The second-order valence-electron chi connectivity index (χ2n) is 4.01. The van der Waals surface area contributed by atoms with Crippen LogP contribution >= 0.6 is 0 Å². The predicted molar refractivity (Wildman–Crippen MR) is 69.4 cm³/mol. The Hall–Kier alpha value is -2.80. The molecule has 0 saturated carbocycles. The van der Waals surface area contributed by atoms with Crippen molar-refractivity contribution in [2.75, 3.05) is 0 Å². The zero-order chi connectivity index (χ0) is 13.8. The Bertz CT molecular complexity index is 671. The average Bonchev–Trinajstić information content (AvgIpc) is 2.41. The lowest BCUT2D eigenvalue weighted by molar-refractivity contribution is 0.0694. The molecule has 0 heterocycles. The summed E-state index contributed by atoms with van der Waals surface area (Å²) in [6, 6.07) is 13.5. The van der Waals surface area contributed by atoms with Crippen molar-refractivity contribution >= 4 is 5.97 Å². The Labute approximate surface area is 110 Å². The summed E-state index contributed by atoms with van der Waals surface area (Å²) in [4.78, 5) is 11.1. The van der Waals surface area contributed by atoms with E-state index >= 15 is 0 Å². The summed E-state index contributed by atoms with van der Waals surface area (Å²) in [6.45, 7) is 1.87. The van der Waals surface area contributed by atoms with E-state index in [0.717, 1.165) is 5.56 Å². The van der Waals surface area contributed by atoms with Crippen LogP contribution in [0.3, 0.4) is 0 Å². The number of para-hydroxylation sites is 1. The van der Waals surface area contributed by atoms with Crippen molar-refractivity contribution in [3.8, 4) is 17.6 Å². The van der Waals surface area contributed by atoms with Crippen LogP contribution < -0.4 is 4.74 Å². The number of rotatable bonds is 3. The molecule has 0 aliphatic carbocycles. The lowest BCUT2D eigenvalue weighted by Gasteiger charge is -2.10. The Balaban J connectivity index is 2.43. The first-order valence-electron chi connectivity index (χ1n) is 5.62. The number of hydrogen-bond acceptors (Lipinski definition) is 3. The Kier molecular flexibility index (Phi) is 3.48. The molecule has 94 valence electrons. The molecule has 0 atom stereocenters. The van der Waals surface area contributed by atoms with E-state index in [1.54, 1.807) is 36.4 Å². The van der Waals surface area contributed by atoms with Crippen LogP contribution in [-0.4, -0.2) is 11.1 Å². The van der Waals surface area contributed by atoms with Gasteiger partial charge in [0.2, 0.25) is 0 Å². The molecule has 4 heteroatoms. The van der Waals surface area contributed by atoms with E-state index in [9.17, 15) is 4.79 Å². The van der Waals surface area contributed by atoms with Gasteiger partial charge in [0.1, 0.15) is 23.1 Å². The summed E-state index contributed by atoms with van der Waals surface area (Å²) in [5.74, 6) is -0.502. The van der Waals surface area contributed by atoms with Crippen LogP contribution in [-0.2, 0) is 0 Å². The van der Waals surface area contributed by atoms with Gasteiger partial charge in [-0.3, -0.25) is 0 Å². The van der Waals surface area contributed by atoms with Gasteiger partial charge in [-0.25, -0.2) is 4.79 Å². The minimum absolute atomic E-state index is 0.0620. The van der Waals surface area contributed by atoms with Crippen molar-refractivity contribution in [1.29, 1.82) is 5.26 Å². The molecule has 19 heavy (non-hydrogen) atoms. The number of aryl methyl sites for hydroxylation is 1. The third-order valence-electron chi connectivity index (χ3n) is 2.59. The SMILES string of the molecule is Cc1ccc(Oc2ccccc2C(=O)O)c(C#N)c1. The van der Waals surface area contributed by atoms with Gasteiger partial charge in [0, 0.05) is 0 Å². The van der Waals surface area contributed by atoms with Gasteiger partial charge in [0.25, 0.3) is 0 Å². The highest BCUT2D eigenvalue weighted by Crippen LogP contribution is 2.28. The molecule has 2 rings (SSSR count). The fourth-order valence-corrected chi connectivity index (χ4v) is 1.67. The summed E-state index contributed by atoms with van der Waals surface area (Å²) >= 11 is 0. The van der Waals surface area contributed by atoms with Crippen LogP contribution in [0.15, 0.2) is 42.5 Å². The van der Waals surface area contributed by atoms with Crippen molar-refractivity contribution in [2.45, 2.75) is 6.92 Å². The van der Waals surface area contributed by atoms with Gasteiger partial charge < -0.3 is 9.84 Å². The standard InChI is InChI=1S/C15H11NO3/c1-10-6-7-13(11(8-10)9-16)19-14-5-3-2-4-12(14)15(17)18/h2-8H,1H3,(H,17,18). The third kappa shape index (κ3) is 2.72. The zero-order valence-electron chi connectivity index (χ0n) is 10.3. The first-order valence-corrected chi connectivity index (χ1v) is 5.62. The topological polar surface area (TPSA) is 70.3 Å². The maximum absolute atomic E-state index is 11.1. The number of aromatic carboxylic acids is 1. The van der Waals surface area contributed by atoms with Crippen molar-refractivity contribution in [2.24, 2.45) is 0 Å². The van der Waals surface area contributed by atoms with Gasteiger partial charge in [0.05, 0.1) is 5.56 Å². The van der Waals surface area contributed by atoms with E-state index in [4.69, 9.17) is 15.1 Å². The van der Waals surface area contributed by atoms with Crippen LogP contribution in [0.5, 0.6) is 11.5 Å². The van der Waals surface area contributed by atoms with Crippen LogP contribution in [0.4, 0.5) is 0 Å². The van der Waals surface area contributed by atoms with Crippen LogP contribution in [0.1, 0.15) is 21.5 Å². The smallest absolute Gasteiger partial charge is 0.339 e. The zero-order valence-corrected chi connectivity index (χ0v) is 10.3. The number of nitrogens with zero attached hydrogens (tertiary/aromatic N) is 1. The molecule has 4 nitrogen and oxygen atoms in total. The number of hydrogen-bond donors (Lipinski definition) is 1. The largest absolute Gasteiger partial charge is 0.478 e. The van der Waals surface area contributed by atoms with Gasteiger partial charge in [-0.15, -0.1) is 0 Å². The first kappa shape index (κ1) is 12.7. The summed E-state index contributed by atoms with van der Waals surface area (Å²) in [5.41, 5.74) is 1.38. The molecule has 0 unspecified atom stereocenters. The molecule has 0 bridgehead atoms. The quantitative estimate of drug-likeness (QED) is 0.910. The number of ether oxygens (including phenoxy) is 1. The summed E-state index contributed by atoms with van der Waals surface area (Å²) in [7, 11) is 0. The van der Waals surface area contributed by atoms with E-state index in [2.05, 4.69) is 0 Å². The fraction of sp³-hybridized carbons (Fsp3) is 0.0667. The molecule has 0 fully saturated rings. The molecule has 0 saturated heterocycles. The Morgan fingerprint density at radius 1 is 1.21 bits per heavy atom. The molecule has 0 aliphatic rings. The molecule has 0 radical (unpaired) electrons. The number of benzene rings is 2. The van der Waals surface area contributed by atoms with Crippen LogP contribution in [0, 0.1) is 18.3 Å². The van der Waals surface area contributed by atoms with Crippen molar-refractivity contribution < 1.29 is 14.6 Å². The average molecular weight is 253 g/mol. The van der Waals surface area contributed by atoms with E-state index < -0.39 is 5.97 Å². The third-order valence-corrected chi connectivity index (χ3v) is 2.59. The Morgan fingerprint density at radius 2 is 1.95 bits per heavy atom. The van der Waals surface area contributed by atoms with E-state index in [-0.39, 0.29) is 11.3 Å². The lowest BCUT2D eigenvalue weighted by atomic mass is 10.1. The molecular formula is C15H11NO3. The highest BCUT2D eigenvalue weighted by Gasteiger charge is 2.12. The van der Waals surface area contributed by atoms with Gasteiger partial charge in [-0.2, -0.15) is 5.26 Å². The molecule has 0 amide bonds. The van der Waals surface area contributed by atoms with E-state index in [0.29, 0.717) is 11.3 Å². The molecule has 0 aliphatic heterocycles. The molecule has 2 aromatic carbocycles. The van der Waals surface area contributed by atoms with Gasteiger partial charge in [0.15, 0.2) is 0 Å². The molecule has 0 spiro atoms. The maximum Gasteiger partial charge on any atom is 0.339 e. The minimum Gasteiger partial charge on any atom is -0.478 e. The predicted octanol–water partition coefficient (Wildman–Crippen LogP) is 3.36.